The van der Waals surface area contributed by atoms with Crippen LogP contribution in [0.15, 0.2) is 18.2 Å². The number of aromatic nitrogens is 2. The van der Waals surface area contributed by atoms with E-state index in [1.165, 1.54) is 12.1 Å². The molecule has 0 saturated carbocycles. The van der Waals surface area contributed by atoms with E-state index in [4.69, 9.17) is 14.2 Å². The normalized spacial score (nSPS) is 13.2. The van der Waals surface area contributed by atoms with E-state index in [0.717, 1.165) is 34.0 Å². The summed E-state index contributed by atoms with van der Waals surface area (Å²) in [5.41, 5.74) is 3.36. The van der Waals surface area contributed by atoms with Crippen LogP contribution >= 0.6 is 20.1 Å². The van der Waals surface area contributed by atoms with E-state index in [1.54, 1.807) is 6.07 Å². The number of ether oxygens (including phenoxy) is 3. The van der Waals surface area contributed by atoms with Crippen LogP contribution in [0.5, 0.6) is 5.75 Å². The molecule has 0 spiro atoms. The number of rotatable bonds is 13. The molecule has 0 aliphatic rings. The number of aryl methyl sites for hydroxylation is 1. The first-order chi connectivity index (χ1) is 15.3. The van der Waals surface area contributed by atoms with Gasteiger partial charge in [0.25, 0.3) is 5.69 Å². The molecule has 0 aliphatic heterocycles. The highest BCUT2D eigenvalue weighted by Gasteiger charge is 2.20. The first-order valence-corrected chi connectivity index (χ1v) is 16.8. The number of hydrogen-bond donors (Lipinski definition) is 0. The molecule has 0 amide bonds. The fraction of sp³-hybridized carbons (Fsp3) is 0.609. The quantitative estimate of drug-likeness (QED) is 0.170. The van der Waals surface area contributed by atoms with Crippen molar-refractivity contribution in [2.45, 2.75) is 20.6 Å². The molecule has 0 fully saturated rings. The highest BCUT2D eigenvalue weighted by Crippen LogP contribution is 2.38. The van der Waals surface area contributed by atoms with E-state index in [2.05, 4.69) is 42.6 Å². The van der Waals surface area contributed by atoms with Crippen molar-refractivity contribution in [2.24, 2.45) is 0 Å². The molecular weight excluding hydrogens is 462 g/mol. The van der Waals surface area contributed by atoms with Gasteiger partial charge in [-0.05, 0) is 57.4 Å². The Morgan fingerprint density at radius 2 is 1.61 bits per heavy atom. The van der Waals surface area contributed by atoms with Crippen molar-refractivity contribution < 1.29 is 19.1 Å². The second kappa shape index (κ2) is 11.6. The number of nitro groups is 1. The van der Waals surface area contributed by atoms with Crippen LogP contribution in [-0.4, -0.2) is 83.8 Å². The van der Waals surface area contributed by atoms with Crippen LogP contribution in [0.4, 0.5) is 5.69 Å². The third-order valence-electron chi connectivity index (χ3n) is 5.02. The van der Waals surface area contributed by atoms with Crippen LogP contribution in [0.3, 0.4) is 0 Å². The van der Waals surface area contributed by atoms with Crippen LogP contribution in [0.1, 0.15) is 11.4 Å². The molecule has 1 aromatic carbocycles. The Morgan fingerprint density at radius 1 is 1.00 bits per heavy atom. The van der Waals surface area contributed by atoms with Gasteiger partial charge in [-0.25, -0.2) is 24.7 Å². The lowest BCUT2D eigenvalue weighted by Crippen LogP contribution is -2.12. The lowest BCUT2D eigenvalue weighted by molar-refractivity contribution is -0.384. The molecule has 0 bridgehead atoms. The Hall–Kier alpha value is -1.75. The molecule has 33 heavy (non-hydrogen) atoms. The summed E-state index contributed by atoms with van der Waals surface area (Å²) in [6, 6.07) is 4.66. The molecule has 10 heteroatoms. The molecule has 0 atom stereocenters. The number of benzene rings is 1. The molecule has 2 rings (SSSR count). The van der Waals surface area contributed by atoms with E-state index >= 15 is 0 Å². The van der Waals surface area contributed by atoms with E-state index in [0.29, 0.717) is 25.7 Å². The zero-order valence-corrected chi connectivity index (χ0v) is 22.8. The van der Waals surface area contributed by atoms with Gasteiger partial charge in [0.05, 0.1) is 29.9 Å². The summed E-state index contributed by atoms with van der Waals surface area (Å²) in [6.45, 7) is 5.57. The summed E-state index contributed by atoms with van der Waals surface area (Å²) >= 11 is 0. The number of nitrogens with zero attached hydrogens (tertiary/aromatic N) is 3. The average molecular weight is 502 g/mol. The largest absolute Gasteiger partial charge is 0.467 e. The van der Waals surface area contributed by atoms with Crippen LogP contribution < -0.4 is 4.74 Å². The topological polar surface area (TPSA) is 88.7 Å². The van der Waals surface area contributed by atoms with E-state index in [1.807, 2.05) is 18.5 Å². The molecule has 8 nitrogen and oxygen atoms in total. The van der Waals surface area contributed by atoms with Crippen molar-refractivity contribution in [1.29, 1.82) is 0 Å². The third-order valence-corrected chi connectivity index (χ3v) is 7.80. The predicted molar refractivity (Wildman–Crippen MR) is 142 cm³/mol. The summed E-state index contributed by atoms with van der Waals surface area (Å²) in [6.07, 6.45) is 13.5. The van der Waals surface area contributed by atoms with Gasteiger partial charge in [-0.3, -0.25) is 10.1 Å². The maximum Gasteiger partial charge on any atom is 0.273 e. The Kier molecular flexibility index (Phi) is 9.66. The van der Waals surface area contributed by atoms with Gasteiger partial charge in [-0.15, -0.1) is 0 Å². The van der Waals surface area contributed by atoms with Gasteiger partial charge in [0.15, 0.2) is 6.79 Å². The highest BCUT2D eigenvalue weighted by molar-refractivity contribution is 8.32. The molecule has 0 saturated heterocycles. The van der Waals surface area contributed by atoms with Gasteiger partial charge in [-0.1, -0.05) is 0 Å². The molecule has 0 N–H and O–H groups in total. The smallest absolute Gasteiger partial charge is 0.273 e. The van der Waals surface area contributed by atoms with Crippen molar-refractivity contribution in [2.75, 3.05) is 69.0 Å². The second-order valence-electron chi connectivity index (χ2n) is 9.78. The van der Waals surface area contributed by atoms with E-state index in [-0.39, 0.29) is 12.5 Å². The second-order valence-corrected chi connectivity index (χ2v) is 19.0. The molecular formula is C23H39N3O5S2. The maximum absolute atomic E-state index is 11.3. The number of hydrogen-bond acceptors (Lipinski definition) is 6. The van der Waals surface area contributed by atoms with Crippen LogP contribution in [0, 0.1) is 24.0 Å². The van der Waals surface area contributed by atoms with E-state index in [9.17, 15) is 10.1 Å². The minimum absolute atomic E-state index is 0.0244. The first-order valence-electron chi connectivity index (χ1n) is 10.7. The zero-order valence-electron chi connectivity index (χ0n) is 21.2. The molecule has 0 radical (unpaired) electrons. The molecule has 0 unspecified atom stereocenters. The Bertz CT molecular complexity index is 949. The summed E-state index contributed by atoms with van der Waals surface area (Å²) in [5, 5.41) is 16.0. The number of nitro benzene ring substituents is 1. The van der Waals surface area contributed by atoms with Gasteiger partial charge in [0.2, 0.25) is 0 Å². The zero-order chi connectivity index (χ0) is 24.8. The van der Waals surface area contributed by atoms with Gasteiger partial charge >= 0.3 is 0 Å². The van der Waals surface area contributed by atoms with Crippen molar-refractivity contribution in [3.8, 4) is 16.9 Å². The SMILES string of the molecule is Cc1nn(COCCS(C)(C)C)c(C)c1-c1ccc([N+](=O)[O-])cc1OCOCCS(C)(C)C. The summed E-state index contributed by atoms with van der Waals surface area (Å²) in [7, 11) is -1.27. The van der Waals surface area contributed by atoms with Crippen LogP contribution in [0.2, 0.25) is 0 Å². The monoisotopic (exact) mass is 501 g/mol. The molecule has 0 aliphatic carbocycles. The Morgan fingerprint density at radius 3 is 2.18 bits per heavy atom. The minimum atomic E-state index is -0.656. The van der Waals surface area contributed by atoms with Crippen molar-refractivity contribution in [3.63, 3.8) is 0 Å². The summed E-state index contributed by atoms with van der Waals surface area (Å²) < 4.78 is 19.2. The fourth-order valence-corrected chi connectivity index (χ4v) is 4.33. The third kappa shape index (κ3) is 8.84. The first kappa shape index (κ1) is 27.5. The van der Waals surface area contributed by atoms with Gasteiger partial charge < -0.3 is 14.2 Å². The molecule has 2 aromatic rings. The Labute approximate surface area is 200 Å². The number of non-ortho nitro benzene ring substituents is 1. The average Bonchev–Trinajstić information content (AvgIpc) is 2.96. The molecule has 188 valence electrons. The summed E-state index contributed by atoms with van der Waals surface area (Å²) in [4.78, 5) is 10.9. The van der Waals surface area contributed by atoms with Crippen LogP contribution in [0.25, 0.3) is 11.1 Å². The Balaban J connectivity index is 2.20. The van der Waals surface area contributed by atoms with Crippen molar-refractivity contribution in [3.05, 3.63) is 39.7 Å². The lowest BCUT2D eigenvalue weighted by Gasteiger charge is -2.24. The summed E-state index contributed by atoms with van der Waals surface area (Å²) in [5.74, 6) is 2.42. The molecule has 1 heterocycles. The van der Waals surface area contributed by atoms with Crippen molar-refractivity contribution >= 4 is 25.7 Å². The fourth-order valence-electron chi connectivity index (χ4n) is 3.10. The minimum Gasteiger partial charge on any atom is -0.467 e. The molecule has 1 aromatic heterocycles. The standard InChI is InChI=1S/C23H39N3O5S2/c1-18-23(19(2)25(24-18)16-29-11-13-32(3,4)5)21-10-9-20(26(27)28)15-22(21)31-17-30-12-14-33(6,7)8/h9-10,15H,11-14,16-17H2,1-8H3. The lowest BCUT2D eigenvalue weighted by atomic mass is 10.0. The van der Waals surface area contributed by atoms with Gasteiger partial charge in [0, 0.05) is 34.4 Å². The van der Waals surface area contributed by atoms with Crippen LogP contribution in [-0.2, 0) is 16.2 Å². The maximum atomic E-state index is 11.3. The predicted octanol–water partition coefficient (Wildman–Crippen LogP) is 4.79. The van der Waals surface area contributed by atoms with Gasteiger partial charge in [-0.2, -0.15) is 5.10 Å². The van der Waals surface area contributed by atoms with Crippen molar-refractivity contribution in [1.82, 2.24) is 9.78 Å². The highest BCUT2D eigenvalue weighted by atomic mass is 32.3. The van der Waals surface area contributed by atoms with E-state index < -0.39 is 25.0 Å². The van der Waals surface area contributed by atoms with Gasteiger partial charge in [0.1, 0.15) is 12.5 Å².